The van der Waals surface area contributed by atoms with E-state index in [2.05, 4.69) is 36.9 Å². The van der Waals surface area contributed by atoms with E-state index in [0.29, 0.717) is 23.6 Å². The number of ether oxygens (including phenoxy) is 1. The van der Waals surface area contributed by atoms with E-state index in [9.17, 15) is 0 Å². The van der Waals surface area contributed by atoms with Crippen LogP contribution in [-0.4, -0.2) is 84.4 Å². The minimum Gasteiger partial charge on any atom is -0.496 e. The lowest BCUT2D eigenvalue weighted by molar-refractivity contribution is 0.0980. The number of piperazine rings is 1. The van der Waals surface area contributed by atoms with Gasteiger partial charge in [0.1, 0.15) is 11.4 Å². The molecule has 0 unspecified atom stereocenters. The zero-order valence-corrected chi connectivity index (χ0v) is 20.4. The third-order valence-electron chi connectivity index (χ3n) is 5.71. The van der Waals surface area contributed by atoms with Crippen LogP contribution in [0.4, 0.5) is 5.95 Å². The van der Waals surface area contributed by atoms with Gasteiger partial charge in [-0.25, -0.2) is 0 Å². The van der Waals surface area contributed by atoms with E-state index in [0.717, 1.165) is 37.2 Å². The Kier molecular flexibility index (Phi) is 10.2. The molecule has 4 rings (SSSR count). The van der Waals surface area contributed by atoms with Gasteiger partial charge in [-0.1, -0.05) is 27.7 Å². The molecule has 2 aliphatic rings. The molecule has 8 nitrogen and oxygen atoms in total. The number of hydrogen-bond donors (Lipinski definition) is 0. The standard InChI is InChI=1S/C19H28N6O2.2C2H6/c1-14-13-20-16(12-17(14)26-3)18-21-19(22-27-18)25-6-4-15(5-7-25)24-10-8-23(2)9-11-24;2*1-2/h12-13,15H,4-11H2,1-3H3;2*1-2H3. The van der Waals surface area contributed by atoms with Crippen molar-refractivity contribution in [2.75, 3.05) is 58.3 Å². The average molecular weight is 433 g/mol. The molecule has 0 spiro atoms. The van der Waals surface area contributed by atoms with Crippen molar-refractivity contribution in [3.05, 3.63) is 17.8 Å². The maximum atomic E-state index is 5.46. The topological polar surface area (TPSA) is 70.8 Å². The van der Waals surface area contributed by atoms with Gasteiger partial charge in [0.2, 0.25) is 0 Å². The van der Waals surface area contributed by atoms with Gasteiger partial charge in [0.15, 0.2) is 0 Å². The van der Waals surface area contributed by atoms with Gasteiger partial charge in [-0.2, -0.15) is 4.98 Å². The Morgan fingerprint density at radius 3 is 2.26 bits per heavy atom. The van der Waals surface area contributed by atoms with Crippen molar-refractivity contribution in [2.24, 2.45) is 0 Å². The van der Waals surface area contributed by atoms with Crippen LogP contribution < -0.4 is 9.64 Å². The van der Waals surface area contributed by atoms with E-state index in [4.69, 9.17) is 9.26 Å². The summed E-state index contributed by atoms with van der Waals surface area (Å²) in [6.45, 7) is 16.6. The second-order valence-corrected chi connectivity index (χ2v) is 7.50. The van der Waals surface area contributed by atoms with Crippen LogP contribution in [0.3, 0.4) is 0 Å². The average Bonchev–Trinajstić information content (AvgIpc) is 3.33. The van der Waals surface area contributed by atoms with Crippen molar-refractivity contribution in [2.45, 2.75) is 53.5 Å². The van der Waals surface area contributed by atoms with E-state index >= 15 is 0 Å². The quantitative estimate of drug-likeness (QED) is 0.724. The first-order valence-electron chi connectivity index (χ1n) is 11.7. The molecule has 2 fully saturated rings. The van der Waals surface area contributed by atoms with Crippen LogP contribution >= 0.6 is 0 Å². The number of aryl methyl sites for hydroxylation is 1. The summed E-state index contributed by atoms with van der Waals surface area (Å²) < 4.78 is 10.8. The van der Waals surface area contributed by atoms with Gasteiger partial charge in [0.05, 0.1) is 7.11 Å². The summed E-state index contributed by atoms with van der Waals surface area (Å²) in [5.41, 5.74) is 1.62. The Morgan fingerprint density at radius 1 is 1.00 bits per heavy atom. The number of piperidine rings is 1. The number of rotatable bonds is 4. The third kappa shape index (κ3) is 6.40. The molecule has 2 aromatic rings. The molecule has 2 aliphatic heterocycles. The molecule has 0 N–H and O–H groups in total. The van der Waals surface area contributed by atoms with Gasteiger partial charge in [0.25, 0.3) is 11.8 Å². The molecule has 174 valence electrons. The lowest BCUT2D eigenvalue weighted by atomic mass is 10.0. The fourth-order valence-electron chi connectivity index (χ4n) is 3.91. The zero-order chi connectivity index (χ0) is 22.8. The molecular formula is C23H40N6O2. The predicted octanol–water partition coefficient (Wildman–Crippen LogP) is 3.72. The van der Waals surface area contributed by atoms with Gasteiger partial charge >= 0.3 is 0 Å². The Morgan fingerprint density at radius 2 is 1.65 bits per heavy atom. The smallest absolute Gasteiger partial charge is 0.278 e. The molecule has 4 heterocycles. The van der Waals surface area contributed by atoms with E-state index in [1.165, 1.54) is 26.2 Å². The third-order valence-corrected chi connectivity index (χ3v) is 5.71. The first kappa shape index (κ1) is 25.1. The fourth-order valence-corrected chi connectivity index (χ4v) is 3.91. The number of hydrogen-bond acceptors (Lipinski definition) is 8. The van der Waals surface area contributed by atoms with Gasteiger partial charge in [-0.3, -0.25) is 9.88 Å². The van der Waals surface area contributed by atoms with Crippen LogP contribution in [0.1, 0.15) is 46.1 Å². The number of likely N-dealkylation sites (N-methyl/N-ethyl adjacent to an activating group) is 1. The lowest BCUT2D eigenvalue weighted by Crippen LogP contribution is -2.52. The molecule has 0 aromatic carbocycles. The van der Waals surface area contributed by atoms with Crippen LogP contribution in [0, 0.1) is 6.92 Å². The minimum atomic E-state index is 0.435. The minimum absolute atomic E-state index is 0.435. The van der Waals surface area contributed by atoms with E-state index in [1.807, 2.05) is 40.7 Å². The number of nitrogens with zero attached hydrogens (tertiary/aromatic N) is 6. The Balaban J connectivity index is 0.000000807. The largest absolute Gasteiger partial charge is 0.496 e. The molecule has 0 radical (unpaired) electrons. The van der Waals surface area contributed by atoms with Crippen molar-refractivity contribution >= 4 is 5.95 Å². The second-order valence-electron chi connectivity index (χ2n) is 7.50. The summed E-state index contributed by atoms with van der Waals surface area (Å²) in [4.78, 5) is 16.2. The van der Waals surface area contributed by atoms with Crippen LogP contribution in [0.15, 0.2) is 16.8 Å². The molecule has 31 heavy (non-hydrogen) atoms. The summed E-state index contributed by atoms with van der Waals surface area (Å²) >= 11 is 0. The zero-order valence-electron chi connectivity index (χ0n) is 20.4. The normalized spacial score (nSPS) is 18.0. The van der Waals surface area contributed by atoms with Crippen molar-refractivity contribution in [1.29, 1.82) is 0 Å². The molecule has 0 atom stereocenters. The molecular weight excluding hydrogens is 392 g/mol. The molecule has 0 saturated carbocycles. The van der Waals surface area contributed by atoms with Crippen molar-refractivity contribution < 1.29 is 9.26 Å². The Bertz CT molecular complexity index is 765. The monoisotopic (exact) mass is 432 g/mol. The molecule has 2 aromatic heterocycles. The van der Waals surface area contributed by atoms with Crippen molar-refractivity contribution in [3.8, 4) is 17.3 Å². The number of aromatic nitrogens is 3. The number of anilines is 1. The molecule has 0 aliphatic carbocycles. The predicted molar refractivity (Wildman–Crippen MR) is 126 cm³/mol. The van der Waals surface area contributed by atoms with Crippen LogP contribution in [0.2, 0.25) is 0 Å². The SMILES string of the molecule is CC.CC.COc1cc(-c2nc(N3CCC(N4CCN(C)CC4)CC3)no2)ncc1C. The Hall–Kier alpha value is -2.19. The van der Waals surface area contributed by atoms with Crippen molar-refractivity contribution in [3.63, 3.8) is 0 Å². The van der Waals surface area contributed by atoms with Gasteiger partial charge in [-0.15, -0.1) is 0 Å². The van der Waals surface area contributed by atoms with E-state index in [-0.39, 0.29) is 0 Å². The van der Waals surface area contributed by atoms with Crippen molar-refractivity contribution in [1.82, 2.24) is 24.9 Å². The summed E-state index contributed by atoms with van der Waals surface area (Å²) in [7, 11) is 3.85. The maximum absolute atomic E-state index is 5.46. The van der Waals surface area contributed by atoms with Gasteiger partial charge < -0.3 is 19.1 Å². The second kappa shape index (κ2) is 12.6. The van der Waals surface area contributed by atoms with Crippen LogP contribution in [0.25, 0.3) is 11.6 Å². The summed E-state index contributed by atoms with van der Waals surface area (Å²) in [6, 6.07) is 2.51. The van der Waals surface area contributed by atoms with Gasteiger partial charge in [0, 0.05) is 63.1 Å². The highest BCUT2D eigenvalue weighted by molar-refractivity contribution is 5.53. The molecule has 2 saturated heterocycles. The van der Waals surface area contributed by atoms with Crippen LogP contribution in [0.5, 0.6) is 5.75 Å². The maximum Gasteiger partial charge on any atom is 0.278 e. The summed E-state index contributed by atoms with van der Waals surface area (Å²) in [5.74, 6) is 1.86. The summed E-state index contributed by atoms with van der Waals surface area (Å²) in [6.07, 6.45) is 4.05. The highest BCUT2D eigenvalue weighted by atomic mass is 16.5. The number of pyridine rings is 1. The lowest BCUT2D eigenvalue weighted by Gasteiger charge is -2.41. The Labute approximate surface area is 187 Å². The van der Waals surface area contributed by atoms with E-state index < -0.39 is 0 Å². The molecule has 0 bridgehead atoms. The highest BCUT2D eigenvalue weighted by Gasteiger charge is 2.28. The van der Waals surface area contributed by atoms with E-state index in [1.54, 1.807) is 13.3 Å². The first-order valence-corrected chi connectivity index (χ1v) is 11.7. The highest BCUT2D eigenvalue weighted by Crippen LogP contribution is 2.26. The number of methoxy groups -OCH3 is 1. The van der Waals surface area contributed by atoms with Gasteiger partial charge in [-0.05, 0) is 32.0 Å². The fraction of sp³-hybridized carbons (Fsp3) is 0.696. The first-order chi connectivity index (χ1) is 15.1. The molecule has 8 heteroatoms. The van der Waals surface area contributed by atoms with Crippen LogP contribution in [-0.2, 0) is 0 Å². The molecule has 0 amide bonds. The summed E-state index contributed by atoms with van der Waals surface area (Å²) in [5, 5.41) is 4.18.